The Labute approximate surface area is 113 Å². The van der Waals surface area contributed by atoms with E-state index in [1.54, 1.807) is 11.3 Å². The molecule has 1 N–H and O–H groups in total. The Morgan fingerprint density at radius 2 is 1.88 bits per heavy atom. The molecule has 0 spiro atoms. The summed E-state index contributed by atoms with van der Waals surface area (Å²) in [6, 6.07) is 2.82. The zero-order valence-electron chi connectivity index (χ0n) is 10.5. The third-order valence-electron chi connectivity index (χ3n) is 4.21. The largest absolute Gasteiger partial charge is 0.312 e. The maximum atomic E-state index is 6.22. The van der Waals surface area contributed by atoms with Crippen LogP contribution < -0.4 is 5.32 Å². The number of nitrogens with one attached hydrogen (secondary N) is 1. The third kappa shape index (κ3) is 2.40. The van der Waals surface area contributed by atoms with Gasteiger partial charge in [0.1, 0.15) is 0 Å². The molecular formula is C14H20ClNS. The van der Waals surface area contributed by atoms with Gasteiger partial charge in [0, 0.05) is 10.9 Å². The van der Waals surface area contributed by atoms with Gasteiger partial charge in [-0.25, -0.2) is 0 Å². The Bertz CT molecular complexity index is 375. The minimum Gasteiger partial charge on any atom is -0.312 e. The molecule has 2 aliphatic rings. The molecule has 1 unspecified atom stereocenters. The van der Waals surface area contributed by atoms with Crippen molar-refractivity contribution < 1.29 is 0 Å². The van der Waals surface area contributed by atoms with E-state index in [9.17, 15) is 0 Å². The number of hydrogen-bond acceptors (Lipinski definition) is 2. The minimum atomic E-state index is 0.534. The molecule has 1 aromatic heterocycles. The Morgan fingerprint density at radius 1 is 1.29 bits per heavy atom. The van der Waals surface area contributed by atoms with Crippen molar-refractivity contribution in [2.45, 2.75) is 38.6 Å². The summed E-state index contributed by atoms with van der Waals surface area (Å²) in [6.07, 6.45) is 5.77. The van der Waals surface area contributed by atoms with E-state index in [-0.39, 0.29) is 0 Å². The highest BCUT2D eigenvalue weighted by molar-refractivity contribution is 7.16. The first-order valence-electron chi connectivity index (χ1n) is 6.63. The first-order valence-corrected chi connectivity index (χ1v) is 7.83. The summed E-state index contributed by atoms with van der Waals surface area (Å²) < 4.78 is 0.964. The summed E-state index contributed by atoms with van der Waals surface area (Å²) in [4.78, 5) is 1.44. The van der Waals surface area contributed by atoms with Crippen molar-refractivity contribution in [2.24, 2.45) is 17.8 Å². The maximum absolute atomic E-state index is 6.22. The number of hydrogen-bond donors (Lipinski definition) is 1. The van der Waals surface area contributed by atoms with Crippen molar-refractivity contribution in [3.63, 3.8) is 0 Å². The highest BCUT2D eigenvalue weighted by Crippen LogP contribution is 2.54. The smallest absolute Gasteiger partial charge is 0.0960 e. The van der Waals surface area contributed by atoms with E-state index < -0.39 is 0 Å². The van der Waals surface area contributed by atoms with Crippen molar-refractivity contribution in [3.8, 4) is 0 Å². The maximum Gasteiger partial charge on any atom is 0.0960 e. The normalized spacial score (nSPS) is 22.1. The average molecular weight is 270 g/mol. The summed E-state index contributed by atoms with van der Waals surface area (Å²) >= 11 is 7.98. The lowest BCUT2D eigenvalue weighted by Crippen LogP contribution is -2.27. The van der Waals surface area contributed by atoms with Crippen LogP contribution in [0.15, 0.2) is 6.07 Å². The summed E-state index contributed by atoms with van der Waals surface area (Å²) in [5, 5.41) is 3.55. The summed E-state index contributed by atoms with van der Waals surface area (Å²) in [6.45, 7) is 2.11. The van der Waals surface area contributed by atoms with Crippen LogP contribution in [0.2, 0.25) is 4.34 Å². The quantitative estimate of drug-likeness (QED) is 0.835. The summed E-state index contributed by atoms with van der Waals surface area (Å²) in [7, 11) is 2.10. The topological polar surface area (TPSA) is 12.0 Å². The SMILES string of the molecule is CNC(c1cc(C)c(Cl)s1)C(C1CC1)C1CC1. The van der Waals surface area contributed by atoms with Crippen molar-refractivity contribution in [1.82, 2.24) is 5.32 Å². The second-order valence-corrected chi connectivity index (χ2v) is 7.31. The van der Waals surface area contributed by atoms with Crippen LogP contribution in [0.5, 0.6) is 0 Å². The average Bonchev–Trinajstić information content (AvgIpc) is 3.19. The Hall–Kier alpha value is -0.0500. The molecule has 3 rings (SSSR count). The van der Waals surface area contributed by atoms with Gasteiger partial charge in [0.25, 0.3) is 0 Å². The highest BCUT2D eigenvalue weighted by Gasteiger charge is 2.45. The lowest BCUT2D eigenvalue weighted by molar-refractivity contribution is 0.304. The predicted molar refractivity (Wildman–Crippen MR) is 74.8 cm³/mol. The molecule has 3 heteroatoms. The Kier molecular flexibility index (Phi) is 3.22. The molecule has 94 valence electrons. The van der Waals surface area contributed by atoms with Crippen LogP contribution >= 0.6 is 22.9 Å². The third-order valence-corrected chi connectivity index (χ3v) is 5.85. The summed E-state index contributed by atoms with van der Waals surface area (Å²) in [5.74, 6) is 2.80. The number of thiophene rings is 1. The molecule has 1 nitrogen and oxygen atoms in total. The molecule has 0 aliphatic heterocycles. The predicted octanol–water partition coefficient (Wildman–Crippen LogP) is 4.41. The monoisotopic (exact) mass is 269 g/mol. The van der Waals surface area contributed by atoms with Crippen LogP contribution in [0, 0.1) is 24.7 Å². The van der Waals surface area contributed by atoms with Crippen LogP contribution in [0.1, 0.15) is 42.2 Å². The highest BCUT2D eigenvalue weighted by atomic mass is 35.5. The van der Waals surface area contributed by atoms with E-state index in [2.05, 4.69) is 25.4 Å². The Morgan fingerprint density at radius 3 is 2.24 bits per heavy atom. The zero-order valence-corrected chi connectivity index (χ0v) is 12.1. The molecular weight excluding hydrogens is 250 g/mol. The van der Waals surface area contributed by atoms with Crippen LogP contribution in [-0.4, -0.2) is 7.05 Å². The molecule has 0 saturated heterocycles. The lowest BCUT2D eigenvalue weighted by Gasteiger charge is -2.26. The molecule has 0 bridgehead atoms. The van der Waals surface area contributed by atoms with Crippen LogP contribution in [-0.2, 0) is 0 Å². The van der Waals surface area contributed by atoms with Crippen LogP contribution in [0.3, 0.4) is 0 Å². The van der Waals surface area contributed by atoms with E-state index in [0.29, 0.717) is 6.04 Å². The van der Waals surface area contributed by atoms with Crippen LogP contribution in [0.4, 0.5) is 0 Å². The van der Waals surface area contributed by atoms with Crippen molar-refractivity contribution in [3.05, 3.63) is 20.8 Å². The molecule has 17 heavy (non-hydrogen) atoms. The van der Waals surface area contributed by atoms with Gasteiger partial charge >= 0.3 is 0 Å². The van der Waals surface area contributed by atoms with Gasteiger partial charge in [-0.15, -0.1) is 11.3 Å². The van der Waals surface area contributed by atoms with Gasteiger partial charge in [0.15, 0.2) is 0 Å². The molecule has 2 aliphatic carbocycles. The zero-order chi connectivity index (χ0) is 12.0. The molecule has 2 saturated carbocycles. The first-order chi connectivity index (χ1) is 8.20. The first kappa shape index (κ1) is 12.0. The van der Waals surface area contributed by atoms with E-state index in [1.165, 1.54) is 36.1 Å². The Balaban J connectivity index is 1.85. The second kappa shape index (κ2) is 4.56. The standard InChI is InChI=1S/C14H20ClNS/c1-8-7-11(17-14(8)15)13(16-2)12(9-3-4-9)10-5-6-10/h7,9-10,12-13,16H,3-6H2,1-2H3. The van der Waals surface area contributed by atoms with Gasteiger partial charge in [-0.05, 0) is 69.0 Å². The van der Waals surface area contributed by atoms with E-state index in [1.807, 2.05) is 0 Å². The van der Waals surface area contributed by atoms with Gasteiger partial charge in [0.2, 0.25) is 0 Å². The molecule has 1 atom stereocenters. The van der Waals surface area contributed by atoms with Crippen molar-refractivity contribution in [1.29, 1.82) is 0 Å². The second-order valence-electron chi connectivity index (χ2n) is 5.62. The fourth-order valence-electron chi connectivity index (χ4n) is 3.05. The number of rotatable bonds is 5. The van der Waals surface area contributed by atoms with Gasteiger partial charge in [0.05, 0.1) is 4.34 Å². The van der Waals surface area contributed by atoms with Crippen molar-refractivity contribution in [2.75, 3.05) is 7.05 Å². The fraction of sp³-hybridized carbons (Fsp3) is 0.714. The molecule has 0 amide bonds. The minimum absolute atomic E-state index is 0.534. The number of aryl methyl sites for hydroxylation is 1. The molecule has 1 aromatic rings. The lowest BCUT2D eigenvalue weighted by atomic mass is 9.88. The number of halogens is 1. The van der Waals surface area contributed by atoms with Gasteiger partial charge in [-0.3, -0.25) is 0 Å². The van der Waals surface area contributed by atoms with Crippen molar-refractivity contribution >= 4 is 22.9 Å². The summed E-state index contributed by atoms with van der Waals surface area (Å²) in [5.41, 5.74) is 1.23. The fourth-order valence-corrected chi connectivity index (χ4v) is 4.44. The molecule has 2 fully saturated rings. The molecule has 1 heterocycles. The van der Waals surface area contributed by atoms with E-state index in [0.717, 1.165) is 22.1 Å². The van der Waals surface area contributed by atoms with Gasteiger partial charge in [-0.2, -0.15) is 0 Å². The molecule has 0 radical (unpaired) electrons. The van der Waals surface area contributed by atoms with Gasteiger partial charge < -0.3 is 5.32 Å². The van der Waals surface area contributed by atoms with E-state index in [4.69, 9.17) is 11.6 Å². The van der Waals surface area contributed by atoms with Crippen LogP contribution in [0.25, 0.3) is 0 Å². The van der Waals surface area contributed by atoms with E-state index >= 15 is 0 Å². The van der Waals surface area contributed by atoms with Gasteiger partial charge in [-0.1, -0.05) is 11.6 Å². The molecule has 0 aromatic carbocycles.